The Bertz CT molecular complexity index is 538. The van der Waals surface area contributed by atoms with Crippen LogP contribution in [0.25, 0.3) is 0 Å². The van der Waals surface area contributed by atoms with Crippen molar-refractivity contribution in [1.29, 1.82) is 0 Å². The second kappa shape index (κ2) is 7.71. The molecule has 23 heavy (non-hydrogen) atoms. The molecule has 2 rings (SSSR count). The summed E-state index contributed by atoms with van der Waals surface area (Å²) >= 11 is 0. The lowest BCUT2D eigenvalue weighted by Gasteiger charge is -2.36. The number of rotatable bonds is 5. The molecule has 1 aliphatic carbocycles. The van der Waals surface area contributed by atoms with Crippen LogP contribution in [0.3, 0.4) is 0 Å². The number of ether oxygens (including phenoxy) is 1. The maximum absolute atomic E-state index is 12.2. The summed E-state index contributed by atoms with van der Waals surface area (Å²) in [5.41, 5.74) is 0.650. The van der Waals surface area contributed by atoms with Crippen LogP contribution in [-0.4, -0.2) is 22.3 Å². The van der Waals surface area contributed by atoms with E-state index in [-0.39, 0.29) is 30.0 Å². The molecule has 0 radical (unpaired) electrons. The van der Waals surface area contributed by atoms with Gasteiger partial charge in [0.1, 0.15) is 17.6 Å². The van der Waals surface area contributed by atoms with E-state index in [1.165, 1.54) is 18.6 Å². The number of aromatic hydroxyl groups is 2. The molecule has 0 bridgehead atoms. The topological polar surface area (TPSA) is 66.8 Å². The third-order valence-corrected chi connectivity index (χ3v) is 4.91. The molecular weight excluding hydrogens is 292 g/mol. The molecule has 0 saturated heterocycles. The summed E-state index contributed by atoms with van der Waals surface area (Å²) in [6.07, 6.45) is 3.94. The third kappa shape index (κ3) is 4.88. The minimum absolute atomic E-state index is 0.0136. The monoisotopic (exact) mass is 320 g/mol. The van der Waals surface area contributed by atoms with E-state index in [2.05, 4.69) is 20.8 Å². The van der Waals surface area contributed by atoms with Crippen molar-refractivity contribution >= 4 is 5.97 Å². The van der Waals surface area contributed by atoms with Gasteiger partial charge in [-0.2, -0.15) is 0 Å². The number of hydrogen-bond donors (Lipinski definition) is 2. The molecule has 0 aliphatic heterocycles. The van der Waals surface area contributed by atoms with Crippen molar-refractivity contribution < 1.29 is 19.7 Å². The largest absolute Gasteiger partial charge is 0.508 e. The molecule has 3 unspecified atom stereocenters. The zero-order valence-corrected chi connectivity index (χ0v) is 14.3. The van der Waals surface area contributed by atoms with Crippen LogP contribution in [0, 0.1) is 17.8 Å². The van der Waals surface area contributed by atoms with Gasteiger partial charge in [-0.1, -0.05) is 33.3 Å². The van der Waals surface area contributed by atoms with Crippen LogP contribution in [0.2, 0.25) is 0 Å². The summed E-state index contributed by atoms with van der Waals surface area (Å²) in [5.74, 6) is 1.39. The van der Waals surface area contributed by atoms with Crippen LogP contribution in [0.5, 0.6) is 11.5 Å². The highest BCUT2D eigenvalue weighted by Gasteiger charge is 2.33. The second-order valence-electron chi connectivity index (χ2n) is 7.17. The predicted octanol–water partition coefficient (Wildman–Crippen LogP) is 4.03. The minimum Gasteiger partial charge on any atom is -0.508 e. The van der Waals surface area contributed by atoms with Crippen LogP contribution < -0.4 is 0 Å². The minimum atomic E-state index is -0.206. The van der Waals surface area contributed by atoms with Crippen molar-refractivity contribution in [2.45, 2.75) is 59.0 Å². The zero-order chi connectivity index (χ0) is 17.0. The fourth-order valence-corrected chi connectivity index (χ4v) is 3.48. The van der Waals surface area contributed by atoms with E-state index >= 15 is 0 Å². The van der Waals surface area contributed by atoms with Crippen molar-refractivity contribution in [3.63, 3.8) is 0 Å². The fourth-order valence-electron chi connectivity index (χ4n) is 3.48. The lowest BCUT2D eigenvalue weighted by Crippen LogP contribution is -2.35. The predicted molar refractivity (Wildman–Crippen MR) is 89.3 cm³/mol. The van der Waals surface area contributed by atoms with Gasteiger partial charge < -0.3 is 14.9 Å². The van der Waals surface area contributed by atoms with Gasteiger partial charge in [0, 0.05) is 12.5 Å². The van der Waals surface area contributed by atoms with Gasteiger partial charge in [0.15, 0.2) is 0 Å². The van der Waals surface area contributed by atoms with E-state index in [9.17, 15) is 15.0 Å². The molecule has 0 heterocycles. The number of carbonyl (C=O) groups excluding carboxylic acids is 1. The fraction of sp³-hybridized carbons (Fsp3) is 0.632. The first-order chi connectivity index (χ1) is 10.9. The van der Waals surface area contributed by atoms with Gasteiger partial charge in [0.25, 0.3) is 0 Å². The van der Waals surface area contributed by atoms with E-state index in [1.54, 1.807) is 6.07 Å². The number of phenolic OH excluding ortho intramolecular Hbond substituents is 2. The lowest BCUT2D eigenvalue weighted by molar-refractivity contribution is -0.155. The molecule has 2 N–H and O–H groups in total. The van der Waals surface area contributed by atoms with Crippen molar-refractivity contribution in [1.82, 2.24) is 0 Å². The van der Waals surface area contributed by atoms with Crippen molar-refractivity contribution in [3.8, 4) is 11.5 Å². The summed E-state index contributed by atoms with van der Waals surface area (Å²) in [6, 6.07) is 4.44. The van der Waals surface area contributed by atoms with Gasteiger partial charge in [-0.15, -0.1) is 0 Å². The molecule has 4 nitrogen and oxygen atoms in total. The van der Waals surface area contributed by atoms with Crippen LogP contribution in [-0.2, 0) is 16.0 Å². The molecule has 1 aromatic carbocycles. The Hall–Kier alpha value is -1.71. The number of phenols is 2. The lowest BCUT2D eigenvalue weighted by atomic mass is 9.75. The molecule has 3 atom stereocenters. The molecule has 128 valence electrons. The van der Waals surface area contributed by atoms with E-state index < -0.39 is 0 Å². The number of esters is 1. The van der Waals surface area contributed by atoms with Gasteiger partial charge in [-0.3, -0.25) is 4.79 Å². The summed E-state index contributed by atoms with van der Waals surface area (Å²) in [7, 11) is 0. The third-order valence-electron chi connectivity index (χ3n) is 4.91. The summed E-state index contributed by atoms with van der Waals surface area (Å²) in [4.78, 5) is 12.2. The molecule has 1 saturated carbocycles. The highest BCUT2D eigenvalue weighted by atomic mass is 16.5. The maximum Gasteiger partial charge on any atom is 0.306 e. The van der Waals surface area contributed by atoms with Crippen molar-refractivity contribution in [2.24, 2.45) is 17.8 Å². The van der Waals surface area contributed by atoms with Gasteiger partial charge >= 0.3 is 5.97 Å². The van der Waals surface area contributed by atoms with Crippen LogP contribution in [0.1, 0.15) is 52.0 Å². The molecule has 0 spiro atoms. The molecule has 1 aromatic rings. The van der Waals surface area contributed by atoms with Gasteiger partial charge in [-0.25, -0.2) is 0 Å². The van der Waals surface area contributed by atoms with Crippen LogP contribution in [0.15, 0.2) is 18.2 Å². The van der Waals surface area contributed by atoms with Gasteiger partial charge in [0.05, 0.1) is 0 Å². The number of benzene rings is 1. The first-order valence-corrected chi connectivity index (χ1v) is 8.57. The Balaban J connectivity index is 1.90. The number of aryl methyl sites for hydroxylation is 1. The molecule has 1 fully saturated rings. The highest BCUT2D eigenvalue weighted by Crippen LogP contribution is 2.35. The summed E-state index contributed by atoms with van der Waals surface area (Å²) in [6.45, 7) is 6.60. The van der Waals surface area contributed by atoms with Crippen molar-refractivity contribution in [2.75, 3.05) is 0 Å². The van der Waals surface area contributed by atoms with E-state index in [4.69, 9.17) is 4.74 Å². The van der Waals surface area contributed by atoms with Crippen molar-refractivity contribution in [3.05, 3.63) is 23.8 Å². The normalized spacial score (nSPS) is 24.6. The Labute approximate surface area is 138 Å². The van der Waals surface area contributed by atoms with E-state index in [0.29, 0.717) is 29.7 Å². The molecule has 0 aromatic heterocycles. The molecule has 0 amide bonds. The molecule has 4 heteroatoms. The average molecular weight is 320 g/mol. The number of hydrogen-bond acceptors (Lipinski definition) is 4. The first kappa shape index (κ1) is 17.6. The van der Waals surface area contributed by atoms with Crippen LogP contribution >= 0.6 is 0 Å². The van der Waals surface area contributed by atoms with E-state index in [0.717, 1.165) is 12.8 Å². The first-order valence-electron chi connectivity index (χ1n) is 8.57. The Morgan fingerprint density at radius 2 is 2.04 bits per heavy atom. The summed E-state index contributed by atoms with van der Waals surface area (Å²) in [5, 5.41) is 19.0. The Morgan fingerprint density at radius 3 is 2.70 bits per heavy atom. The Morgan fingerprint density at radius 1 is 1.30 bits per heavy atom. The average Bonchev–Trinajstić information content (AvgIpc) is 2.46. The highest BCUT2D eigenvalue weighted by molar-refractivity contribution is 5.70. The molecule has 1 aliphatic rings. The maximum atomic E-state index is 12.2. The second-order valence-corrected chi connectivity index (χ2v) is 7.17. The SMILES string of the molecule is CC1CCC(C(C)C)C(OC(=O)CCc2ccc(O)cc2O)C1. The number of carbonyl (C=O) groups is 1. The standard InChI is InChI=1S/C19H28O4/c1-12(2)16-8-4-13(3)10-18(16)23-19(22)9-6-14-5-7-15(20)11-17(14)21/h5,7,11-13,16,18,20-21H,4,6,8-10H2,1-3H3. The van der Waals surface area contributed by atoms with Gasteiger partial charge in [0.2, 0.25) is 0 Å². The van der Waals surface area contributed by atoms with Crippen LogP contribution in [0.4, 0.5) is 0 Å². The van der Waals surface area contributed by atoms with Gasteiger partial charge in [-0.05, 0) is 48.6 Å². The zero-order valence-electron chi connectivity index (χ0n) is 14.3. The smallest absolute Gasteiger partial charge is 0.306 e. The Kier molecular flexibility index (Phi) is 5.91. The molecular formula is C19H28O4. The quantitative estimate of drug-likeness (QED) is 0.804. The summed E-state index contributed by atoms with van der Waals surface area (Å²) < 4.78 is 5.75. The van der Waals surface area contributed by atoms with E-state index in [1.807, 2.05) is 0 Å².